The molecule has 8 nitrogen and oxygen atoms in total. The van der Waals surface area contributed by atoms with Crippen LogP contribution in [0.4, 0.5) is 0 Å². The van der Waals surface area contributed by atoms with Crippen molar-refractivity contribution < 1.29 is 29.4 Å². The number of thioether (sulfide) groups is 2. The summed E-state index contributed by atoms with van der Waals surface area (Å²) in [7, 11) is 0. The van der Waals surface area contributed by atoms with E-state index in [4.69, 9.17) is 10.8 Å². The average Bonchev–Trinajstić information content (AvgIpc) is 2.78. The van der Waals surface area contributed by atoms with Gasteiger partial charge in [0.2, 0.25) is 0 Å². The summed E-state index contributed by atoms with van der Waals surface area (Å²) < 4.78 is 0. The van der Waals surface area contributed by atoms with Gasteiger partial charge in [-0.05, 0) is 24.3 Å². The molecule has 0 spiro atoms. The van der Waals surface area contributed by atoms with Crippen LogP contribution in [0.3, 0.4) is 0 Å². The number of nitrogens with two attached hydrogens (primary N) is 1. The average molecular weight is 463 g/mol. The van der Waals surface area contributed by atoms with Gasteiger partial charge in [-0.2, -0.15) is 0 Å². The number of amides is 2. The second-order valence-corrected chi connectivity index (χ2v) is 8.80. The van der Waals surface area contributed by atoms with E-state index in [-0.39, 0.29) is 22.6 Å². The molecule has 4 N–H and O–H groups in total. The van der Waals surface area contributed by atoms with Crippen molar-refractivity contribution in [2.75, 3.05) is 16.6 Å². The Hall–Kier alpha value is -2.82. The molecule has 2 aromatic rings. The van der Waals surface area contributed by atoms with Crippen molar-refractivity contribution in [3.05, 3.63) is 71.8 Å². The minimum absolute atomic E-state index is 0.0538. The number of hydrogen-bond acceptors (Lipinski definition) is 7. The highest BCUT2D eigenvalue weighted by atomic mass is 32.2. The first-order valence-electron chi connectivity index (χ1n) is 9.17. The molecule has 0 unspecified atom stereocenters. The van der Waals surface area contributed by atoms with Gasteiger partial charge in [-0.15, -0.1) is 23.5 Å². The Labute approximate surface area is 187 Å². The second-order valence-electron chi connectivity index (χ2n) is 6.37. The molecule has 0 radical (unpaired) electrons. The first-order valence-corrected chi connectivity index (χ1v) is 11.5. The Balaban J connectivity index is 2.20. The van der Waals surface area contributed by atoms with Gasteiger partial charge in [0.05, 0.1) is 0 Å². The van der Waals surface area contributed by atoms with Gasteiger partial charge in [0.15, 0.2) is 0 Å². The third-order valence-corrected chi connectivity index (χ3v) is 6.61. The quantitative estimate of drug-likeness (QED) is 0.261. The van der Waals surface area contributed by atoms with E-state index in [1.165, 1.54) is 47.8 Å². The third kappa shape index (κ3) is 7.12. The maximum absolute atomic E-state index is 13.1. The first-order chi connectivity index (χ1) is 14.8. The maximum Gasteiger partial charge on any atom is 0.327 e. The highest BCUT2D eigenvalue weighted by Gasteiger charge is 2.35. The predicted octanol–water partition coefficient (Wildman–Crippen LogP) is 2.26. The van der Waals surface area contributed by atoms with Crippen molar-refractivity contribution in [2.24, 2.45) is 5.73 Å². The summed E-state index contributed by atoms with van der Waals surface area (Å²) in [5.41, 5.74) is 5.84. The number of carboxylic acids is 2. The Morgan fingerprint density at radius 2 is 1.23 bits per heavy atom. The van der Waals surface area contributed by atoms with E-state index in [0.717, 1.165) is 4.90 Å². The summed E-state index contributed by atoms with van der Waals surface area (Å²) in [4.78, 5) is 49.8. The van der Waals surface area contributed by atoms with Crippen LogP contribution in [0.25, 0.3) is 0 Å². The summed E-state index contributed by atoms with van der Waals surface area (Å²) in [5, 5.41) is 19.0. The molecule has 31 heavy (non-hydrogen) atoms. The van der Waals surface area contributed by atoms with Gasteiger partial charge in [-0.3, -0.25) is 19.3 Å². The van der Waals surface area contributed by atoms with Gasteiger partial charge >= 0.3 is 11.9 Å². The molecule has 0 aromatic heterocycles. The fourth-order valence-corrected chi connectivity index (χ4v) is 4.69. The van der Waals surface area contributed by atoms with Gasteiger partial charge in [-0.25, -0.2) is 4.79 Å². The highest BCUT2D eigenvalue weighted by Crippen LogP contribution is 2.20. The number of hydrogen-bond donors (Lipinski definition) is 3. The third-order valence-electron chi connectivity index (χ3n) is 4.13. The van der Waals surface area contributed by atoms with Gasteiger partial charge in [0.1, 0.15) is 12.1 Å². The summed E-state index contributed by atoms with van der Waals surface area (Å²) >= 11 is 2.42. The highest BCUT2D eigenvalue weighted by molar-refractivity contribution is 8.16. The van der Waals surface area contributed by atoms with E-state index in [9.17, 15) is 24.3 Å². The number of carboxylic acid groups (broad SMARTS) is 2. The van der Waals surface area contributed by atoms with E-state index in [0.29, 0.717) is 5.08 Å². The van der Waals surface area contributed by atoms with E-state index in [1.807, 2.05) is 0 Å². The van der Waals surface area contributed by atoms with Crippen LogP contribution in [-0.2, 0) is 9.59 Å². The molecule has 0 fully saturated rings. The van der Waals surface area contributed by atoms with Crippen LogP contribution in [0.5, 0.6) is 0 Å². The van der Waals surface area contributed by atoms with Crippen LogP contribution < -0.4 is 5.73 Å². The number of rotatable bonds is 11. The van der Waals surface area contributed by atoms with E-state index in [2.05, 4.69) is 0 Å². The Bertz CT molecular complexity index is 859. The molecule has 2 aromatic carbocycles. The van der Waals surface area contributed by atoms with Crippen LogP contribution in [-0.4, -0.2) is 67.5 Å². The normalized spacial score (nSPS) is 12.5. The number of imide groups is 1. The Kier molecular flexibility index (Phi) is 9.57. The summed E-state index contributed by atoms with van der Waals surface area (Å²) in [6.07, 6.45) is 0. The molecule has 2 rings (SSSR count). The van der Waals surface area contributed by atoms with Gasteiger partial charge < -0.3 is 15.9 Å². The lowest BCUT2D eigenvalue weighted by molar-refractivity contribution is -0.141. The fourth-order valence-electron chi connectivity index (χ4n) is 2.54. The van der Waals surface area contributed by atoms with Gasteiger partial charge in [0.25, 0.3) is 11.8 Å². The number of aliphatic carboxylic acids is 2. The molecule has 164 valence electrons. The van der Waals surface area contributed by atoms with Crippen LogP contribution >= 0.6 is 23.5 Å². The molecule has 0 bridgehead atoms. The zero-order chi connectivity index (χ0) is 22.8. The number of benzene rings is 2. The fraction of sp³-hybridized carbons (Fsp3) is 0.238. The number of carbonyl (C=O) groups is 4. The summed E-state index contributed by atoms with van der Waals surface area (Å²) in [6.45, 7) is 0. The minimum atomic E-state index is -1.40. The molecule has 0 saturated carbocycles. The molecular weight excluding hydrogens is 440 g/mol. The summed E-state index contributed by atoms with van der Waals surface area (Å²) in [6, 6.07) is 13.6. The molecule has 0 aliphatic carbocycles. The molecule has 0 aliphatic rings. The van der Waals surface area contributed by atoms with Crippen LogP contribution in [0, 0.1) is 0 Å². The van der Waals surface area contributed by atoms with Crippen LogP contribution in [0.15, 0.2) is 60.7 Å². The van der Waals surface area contributed by atoms with Crippen LogP contribution in [0.1, 0.15) is 20.7 Å². The lowest BCUT2D eigenvalue weighted by atomic mass is 10.1. The molecular formula is C21H22N2O6S2. The molecule has 2 amide bonds. The van der Waals surface area contributed by atoms with Crippen molar-refractivity contribution in [2.45, 2.75) is 12.1 Å². The lowest BCUT2D eigenvalue weighted by Crippen LogP contribution is -2.50. The van der Waals surface area contributed by atoms with Crippen molar-refractivity contribution in [3.63, 3.8) is 0 Å². The predicted molar refractivity (Wildman–Crippen MR) is 120 cm³/mol. The smallest absolute Gasteiger partial charge is 0.327 e. The maximum atomic E-state index is 13.1. The van der Waals surface area contributed by atoms with E-state index >= 15 is 0 Å². The molecule has 0 aliphatic heterocycles. The monoisotopic (exact) mass is 462 g/mol. The zero-order valence-corrected chi connectivity index (χ0v) is 18.1. The minimum Gasteiger partial charge on any atom is -0.480 e. The van der Waals surface area contributed by atoms with Gasteiger partial charge in [0, 0.05) is 27.7 Å². The first kappa shape index (κ1) is 24.4. The van der Waals surface area contributed by atoms with Crippen molar-refractivity contribution >= 4 is 47.3 Å². The largest absolute Gasteiger partial charge is 0.480 e. The van der Waals surface area contributed by atoms with Crippen molar-refractivity contribution in [3.8, 4) is 0 Å². The van der Waals surface area contributed by atoms with Gasteiger partial charge in [-0.1, -0.05) is 36.4 Å². The molecule has 0 heterocycles. The van der Waals surface area contributed by atoms with Crippen LogP contribution in [0.2, 0.25) is 0 Å². The van der Waals surface area contributed by atoms with E-state index in [1.54, 1.807) is 36.4 Å². The zero-order valence-electron chi connectivity index (χ0n) is 16.4. The second kappa shape index (κ2) is 12.1. The van der Waals surface area contributed by atoms with Crippen molar-refractivity contribution in [1.82, 2.24) is 4.90 Å². The standard InChI is InChI=1S/C21H22N2O6S2/c22-16(20(26)27)11-30-13-31-12-17(21(28)29)23(18(24)14-7-3-1-4-8-14)19(25)15-9-5-2-6-10-15/h1-10,16-17H,11-13,22H2,(H,26,27)(H,28,29)/t16-,17-/m0/s1. The Morgan fingerprint density at radius 3 is 1.65 bits per heavy atom. The number of nitrogens with zero attached hydrogens (tertiary/aromatic N) is 1. The lowest BCUT2D eigenvalue weighted by Gasteiger charge is -2.27. The topological polar surface area (TPSA) is 138 Å². The van der Waals surface area contributed by atoms with Crippen molar-refractivity contribution in [1.29, 1.82) is 0 Å². The molecule has 10 heteroatoms. The van der Waals surface area contributed by atoms with E-state index < -0.39 is 35.8 Å². The SMILES string of the molecule is N[C@@H](CSCSC[C@@H](C(=O)O)N(C(=O)c1ccccc1)C(=O)c1ccccc1)C(=O)O. The summed E-state index contributed by atoms with van der Waals surface area (Å²) in [5.74, 6) is -3.73. The number of carbonyl (C=O) groups excluding carboxylic acids is 2. The molecule has 2 atom stereocenters. The molecule has 0 saturated heterocycles. The Morgan fingerprint density at radius 1 is 0.774 bits per heavy atom.